The zero-order chi connectivity index (χ0) is 20.7. The van der Waals surface area contributed by atoms with Gasteiger partial charge in [-0.05, 0) is 30.2 Å². The molecule has 1 aromatic carbocycles. The third-order valence-corrected chi connectivity index (χ3v) is 5.10. The summed E-state index contributed by atoms with van der Waals surface area (Å²) < 4.78 is 0.379. The Morgan fingerprint density at radius 1 is 1.29 bits per heavy atom. The fourth-order valence-corrected chi connectivity index (χ4v) is 3.64. The number of hydrogen-bond acceptors (Lipinski definition) is 7. The number of nitro groups is 1. The Labute approximate surface area is 169 Å². The van der Waals surface area contributed by atoms with Crippen LogP contribution < -0.4 is 5.32 Å². The Kier molecular flexibility index (Phi) is 7.64. The van der Waals surface area contributed by atoms with Crippen LogP contribution in [0.5, 0.6) is 0 Å². The van der Waals surface area contributed by atoms with E-state index in [1.807, 2.05) is 0 Å². The number of carbonyl (C=O) groups is 3. The number of carbonyl (C=O) groups excluding carboxylic acids is 2. The molecule has 0 bridgehead atoms. The van der Waals surface area contributed by atoms with E-state index in [0.29, 0.717) is 21.2 Å². The minimum atomic E-state index is -0.988. The van der Waals surface area contributed by atoms with Crippen molar-refractivity contribution in [2.24, 2.45) is 0 Å². The summed E-state index contributed by atoms with van der Waals surface area (Å²) in [4.78, 5) is 46.5. The van der Waals surface area contributed by atoms with E-state index in [1.165, 1.54) is 17.0 Å². The Hall–Kier alpha value is -2.79. The highest BCUT2D eigenvalue weighted by Crippen LogP contribution is 2.32. The van der Waals surface area contributed by atoms with Gasteiger partial charge in [0.25, 0.3) is 11.6 Å². The molecule has 1 saturated heterocycles. The lowest BCUT2D eigenvalue weighted by Crippen LogP contribution is -2.31. The maximum Gasteiger partial charge on any atom is 0.305 e. The zero-order valence-electron chi connectivity index (χ0n) is 14.6. The monoisotopic (exact) mass is 423 g/mol. The summed E-state index contributed by atoms with van der Waals surface area (Å²) in [6.07, 6.45) is 2.00. The number of aliphatic carboxylic acids is 1. The van der Waals surface area contributed by atoms with Crippen LogP contribution in [-0.2, 0) is 14.4 Å². The van der Waals surface area contributed by atoms with Crippen LogP contribution in [0.25, 0.3) is 6.08 Å². The second-order valence-corrected chi connectivity index (χ2v) is 7.46. The van der Waals surface area contributed by atoms with Gasteiger partial charge in [0.05, 0.1) is 16.2 Å². The van der Waals surface area contributed by atoms with E-state index < -0.39 is 10.9 Å². The van der Waals surface area contributed by atoms with E-state index in [0.717, 1.165) is 11.8 Å². The first-order valence-corrected chi connectivity index (χ1v) is 9.48. The average Bonchev–Trinajstić information content (AvgIpc) is 2.89. The van der Waals surface area contributed by atoms with Crippen molar-refractivity contribution < 1.29 is 24.4 Å². The highest BCUT2D eigenvalue weighted by molar-refractivity contribution is 8.26. The molecule has 1 fully saturated rings. The molecule has 2 N–H and O–H groups in total. The fourth-order valence-electron chi connectivity index (χ4n) is 2.33. The van der Waals surface area contributed by atoms with E-state index in [9.17, 15) is 24.5 Å². The number of thioether (sulfide) groups is 1. The maximum atomic E-state index is 12.5. The minimum Gasteiger partial charge on any atom is -0.481 e. The number of benzene rings is 1. The van der Waals surface area contributed by atoms with E-state index >= 15 is 0 Å². The van der Waals surface area contributed by atoms with Gasteiger partial charge in [0.2, 0.25) is 5.91 Å². The van der Waals surface area contributed by atoms with E-state index in [2.05, 4.69) is 5.32 Å². The van der Waals surface area contributed by atoms with Gasteiger partial charge >= 0.3 is 5.97 Å². The fraction of sp³-hybridized carbons (Fsp3) is 0.294. The molecular weight excluding hydrogens is 406 g/mol. The number of rotatable bonds is 9. The lowest BCUT2D eigenvalue weighted by Gasteiger charge is -2.14. The van der Waals surface area contributed by atoms with Crippen LogP contribution >= 0.6 is 24.0 Å². The molecule has 2 rings (SSSR count). The third kappa shape index (κ3) is 6.13. The molecule has 0 spiro atoms. The predicted octanol–water partition coefficient (Wildman–Crippen LogP) is 2.17. The molecule has 0 radical (unpaired) electrons. The second kappa shape index (κ2) is 9.95. The third-order valence-electron chi connectivity index (χ3n) is 3.72. The van der Waals surface area contributed by atoms with Gasteiger partial charge in [-0.15, -0.1) is 0 Å². The van der Waals surface area contributed by atoms with E-state index in [-0.39, 0.29) is 43.4 Å². The smallest absolute Gasteiger partial charge is 0.305 e. The van der Waals surface area contributed by atoms with Crippen LogP contribution in [-0.4, -0.2) is 50.1 Å². The van der Waals surface area contributed by atoms with Gasteiger partial charge in [0, 0.05) is 31.6 Å². The van der Waals surface area contributed by atoms with Crippen molar-refractivity contribution in [3.63, 3.8) is 0 Å². The molecule has 28 heavy (non-hydrogen) atoms. The molecule has 11 heteroatoms. The maximum absolute atomic E-state index is 12.5. The van der Waals surface area contributed by atoms with Crippen molar-refractivity contribution in [3.8, 4) is 0 Å². The van der Waals surface area contributed by atoms with Gasteiger partial charge in [0.1, 0.15) is 4.32 Å². The second-order valence-electron chi connectivity index (χ2n) is 5.78. The average molecular weight is 423 g/mol. The highest BCUT2D eigenvalue weighted by atomic mass is 32.2. The summed E-state index contributed by atoms with van der Waals surface area (Å²) >= 11 is 6.35. The van der Waals surface area contributed by atoms with Crippen molar-refractivity contribution in [3.05, 3.63) is 44.8 Å². The molecular formula is C17H17N3O6S2. The molecule has 0 atom stereocenters. The van der Waals surface area contributed by atoms with Crippen molar-refractivity contribution >= 4 is 57.8 Å². The Morgan fingerprint density at radius 3 is 2.57 bits per heavy atom. The van der Waals surface area contributed by atoms with Crippen molar-refractivity contribution in [2.75, 3.05) is 13.1 Å². The van der Waals surface area contributed by atoms with E-state index in [4.69, 9.17) is 17.3 Å². The van der Waals surface area contributed by atoms with Crippen LogP contribution in [0, 0.1) is 10.1 Å². The van der Waals surface area contributed by atoms with Gasteiger partial charge < -0.3 is 10.4 Å². The lowest BCUT2D eigenvalue weighted by atomic mass is 10.2. The Balaban J connectivity index is 1.88. The van der Waals surface area contributed by atoms with Gasteiger partial charge in [-0.2, -0.15) is 0 Å². The van der Waals surface area contributed by atoms with Crippen LogP contribution in [0.3, 0.4) is 0 Å². The number of nitrogens with one attached hydrogen (secondary N) is 1. The summed E-state index contributed by atoms with van der Waals surface area (Å²) in [6, 6.07) is 5.81. The number of carboxylic acid groups (broad SMARTS) is 1. The number of amides is 2. The molecule has 0 unspecified atom stereocenters. The first-order valence-electron chi connectivity index (χ1n) is 8.26. The SMILES string of the molecule is O=C(O)CCNC(=O)CCCN1C(=O)/C(=C/c2ccc([N+](=O)[O-])cc2)SC1=S. The van der Waals surface area contributed by atoms with Crippen molar-refractivity contribution in [1.29, 1.82) is 0 Å². The van der Waals surface area contributed by atoms with Crippen LogP contribution in [0.2, 0.25) is 0 Å². The quantitative estimate of drug-likeness (QED) is 0.267. The van der Waals surface area contributed by atoms with Crippen molar-refractivity contribution in [2.45, 2.75) is 19.3 Å². The predicted molar refractivity (Wildman–Crippen MR) is 107 cm³/mol. The Morgan fingerprint density at radius 2 is 1.96 bits per heavy atom. The number of hydrogen-bond donors (Lipinski definition) is 2. The number of nitrogens with zero attached hydrogens (tertiary/aromatic N) is 2. The summed E-state index contributed by atoms with van der Waals surface area (Å²) in [6.45, 7) is 0.335. The number of carboxylic acids is 1. The summed E-state index contributed by atoms with van der Waals surface area (Å²) in [5.74, 6) is -1.55. The van der Waals surface area contributed by atoms with Gasteiger partial charge in [-0.3, -0.25) is 29.4 Å². The molecule has 0 aromatic heterocycles. The zero-order valence-corrected chi connectivity index (χ0v) is 16.3. The van der Waals surface area contributed by atoms with Gasteiger partial charge in [-0.1, -0.05) is 24.0 Å². The van der Waals surface area contributed by atoms with Crippen LogP contribution in [0.4, 0.5) is 5.69 Å². The normalized spacial score (nSPS) is 15.1. The van der Waals surface area contributed by atoms with Gasteiger partial charge in [-0.25, -0.2) is 0 Å². The van der Waals surface area contributed by atoms with E-state index in [1.54, 1.807) is 18.2 Å². The molecule has 9 nitrogen and oxygen atoms in total. The summed E-state index contributed by atoms with van der Waals surface area (Å²) in [5, 5.41) is 21.7. The molecule has 1 aliphatic rings. The first kappa shape index (κ1) is 21.5. The molecule has 148 valence electrons. The largest absolute Gasteiger partial charge is 0.481 e. The number of non-ortho nitro benzene ring substituents is 1. The van der Waals surface area contributed by atoms with Crippen LogP contribution in [0.1, 0.15) is 24.8 Å². The standard InChI is InChI=1S/C17H17N3O6S2/c21-14(18-8-7-15(22)23)2-1-9-19-16(24)13(28-17(19)27)10-11-3-5-12(6-4-11)20(25)26/h3-6,10H,1-2,7-9H2,(H,18,21)(H,22,23)/b13-10-. The number of nitro benzene ring substituents is 1. The Bertz CT molecular complexity index is 838. The molecule has 1 heterocycles. The molecule has 0 aliphatic carbocycles. The summed E-state index contributed by atoms with van der Waals surface area (Å²) in [7, 11) is 0. The first-order chi connectivity index (χ1) is 13.3. The highest BCUT2D eigenvalue weighted by Gasteiger charge is 2.31. The lowest BCUT2D eigenvalue weighted by molar-refractivity contribution is -0.384. The summed E-state index contributed by atoms with van der Waals surface area (Å²) in [5.41, 5.74) is 0.607. The molecule has 1 aliphatic heterocycles. The van der Waals surface area contributed by atoms with Crippen LogP contribution in [0.15, 0.2) is 29.2 Å². The molecule has 0 saturated carbocycles. The number of thiocarbonyl (C=S) groups is 1. The topological polar surface area (TPSA) is 130 Å². The van der Waals surface area contributed by atoms with Crippen molar-refractivity contribution in [1.82, 2.24) is 10.2 Å². The minimum absolute atomic E-state index is 0.0358. The van der Waals surface area contributed by atoms with Gasteiger partial charge in [0.15, 0.2) is 0 Å². The molecule has 1 aromatic rings. The molecule has 2 amide bonds.